The van der Waals surface area contributed by atoms with Crippen LogP contribution in [0, 0.1) is 0 Å². The van der Waals surface area contributed by atoms with Crippen molar-refractivity contribution >= 4 is 29.2 Å². The molecule has 36 heavy (non-hydrogen) atoms. The molecule has 2 heterocycles. The lowest BCUT2D eigenvalue weighted by Gasteiger charge is -2.17. The first-order valence-corrected chi connectivity index (χ1v) is 11.2. The van der Waals surface area contributed by atoms with Crippen LogP contribution in [-0.4, -0.2) is 35.2 Å². The highest BCUT2D eigenvalue weighted by atomic mass is 35.5. The van der Waals surface area contributed by atoms with Gasteiger partial charge in [0.2, 0.25) is 11.8 Å². The van der Waals surface area contributed by atoms with Crippen LogP contribution in [0.2, 0.25) is 5.02 Å². The van der Waals surface area contributed by atoms with Gasteiger partial charge in [-0.3, -0.25) is 9.55 Å². The number of carboxylic acid groups (broad SMARTS) is 1. The van der Waals surface area contributed by atoms with E-state index >= 15 is 0 Å². The van der Waals surface area contributed by atoms with E-state index in [4.69, 9.17) is 21.4 Å². The molecule has 0 spiro atoms. The molecule has 0 aliphatic carbocycles. The number of ether oxygens (including phenoxy) is 1. The van der Waals surface area contributed by atoms with Crippen LogP contribution in [0.25, 0.3) is 0 Å². The molecule has 2 N–H and O–H groups in total. The molecule has 0 saturated carbocycles. The molecule has 184 valence electrons. The van der Waals surface area contributed by atoms with Gasteiger partial charge in [-0.1, -0.05) is 23.7 Å². The van der Waals surface area contributed by atoms with Crippen LogP contribution in [0.15, 0.2) is 70.5 Å². The number of hydrogen-bond donors (Lipinski definition) is 2. The summed E-state index contributed by atoms with van der Waals surface area (Å²) in [4.78, 5) is 48.6. The van der Waals surface area contributed by atoms with E-state index < -0.39 is 17.3 Å². The lowest BCUT2D eigenvalue weighted by atomic mass is 10.2. The number of nitrogens with zero attached hydrogens (tertiary/aromatic N) is 5. The molecule has 0 bridgehead atoms. The molecule has 0 amide bonds. The molecule has 0 fully saturated rings. The number of benzene rings is 2. The molecule has 0 atom stereocenters. The van der Waals surface area contributed by atoms with Crippen LogP contribution in [-0.2, 0) is 6.54 Å². The normalized spacial score (nSPS) is 10.9. The SMILES string of the molecule is CC(C)n1c(=O)nc(Nc2ccc(Oc3cncc(C(=O)O)n3)cc2)n(Cc2ccc(Cl)cc2)c1=O. The zero-order valence-electron chi connectivity index (χ0n) is 19.3. The van der Waals surface area contributed by atoms with E-state index in [2.05, 4.69) is 20.3 Å². The summed E-state index contributed by atoms with van der Waals surface area (Å²) in [7, 11) is 0. The molecule has 4 rings (SSSR count). The van der Waals surface area contributed by atoms with Crippen molar-refractivity contribution in [3.8, 4) is 11.6 Å². The van der Waals surface area contributed by atoms with E-state index in [0.717, 1.165) is 16.3 Å². The predicted octanol–water partition coefficient (Wildman–Crippen LogP) is 3.71. The minimum Gasteiger partial charge on any atom is -0.476 e. The molecule has 0 radical (unpaired) electrons. The second kappa shape index (κ2) is 10.4. The molecular formula is C24H21ClN6O5. The number of rotatable bonds is 8. The number of aromatic nitrogens is 5. The van der Waals surface area contributed by atoms with E-state index in [1.807, 2.05) is 0 Å². The number of halogens is 1. The fourth-order valence-electron chi connectivity index (χ4n) is 3.32. The van der Waals surface area contributed by atoms with E-state index in [-0.39, 0.29) is 30.1 Å². The van der Waals surface area contributed by atoms with E-state index in [1.165, 1.54) is 10.8 Å². The Hall–Kier alpha value is -4.51. The summed E-state index contributed by atoms with van der Waals surface area (Å²) in [6.07, 6.45) is 2.41. The zero-order chi connectivity index (χ0) is 25.8. The van der Waals surface area contributed by atoms with Crippen molar-refractivity contribution in [1.82, 2.24) is 24.1 Å². The quantitative estimate of drug-likeness (QED) is 0.364. The van der Waals surface area contributed by atoms with Crippen molar-refractivity contribution in [1.29, 1.82) is 0 Å². The third-order valence-corrected chi connectivity index (χ3v) is 5.29. The van der Waals surface area contributed by atoms with E-state index in [1.54, 1.807) is 62.4 Å². The minimum atomic E-state index is -1.22. The molecule has 2 aromatic heterocycles. The minimum absolute atomic E-state index is 0.0198. The monoisotopic (exact) mass is 508 g/mol. The van der Waals surface area contributed by atoms with Gasteiger partial charge in [-0.15, -0.1) is 0 Å². The van der Waals surface area contributed by atoms with Gasteiger partial charge in [0.25, 0.3) is 0 Å². The summed E-state index contributed by atoms with van der Waals surface area (Å²) in [5.74, 6) is -0.750. The Morgan fingerprint density at radius 2 is 1.75 bits per heavy atom. The summed E-state index contributed by atoms with van der Waals surface area (Å²) in [6, 6.07) is 13.2. The van der Waals surface area contributed by atoms with Gasteiger partial charge in [0.1, 0.15) is 5.75 Å². The van der Waals surface area contributed by atoms with Gasteiger partial charge in [0.15, 0.2) is 5.69 Å². The summed E-state index contributed by atoms with van der Waals surface area (Å²) in [5, 5.41) is 12.6. The van der Waals surface area contributed by atoms with Gasteiger partial charge in [-0.25, -0.2) is 23.9 Å². The summed E-state index contributed by atoms with van der Waals surface area (Å²) in [5.41, 5.74) is -0.0763. The number of aromatic carboxylic acids is 1. The number of nitrogens with one attached hydrogen (secondary N) is 1. The van der Waals surface area contributed by atoms with Crippen LogP contribution in [0.4, 0.5) is 11.6 Å². The molecule has 0 aliphatic heterocycles. The number of anilines is 2. The van der Waals surface area contributed by atoms with Crippen LogP contribution in [0.5, 0.6) is 11.6 Å². The molecule has 0 aliphatic rings. The largest absolute Gasteiger partial charge is 0.476 e. The second-order valence-corrected chi connectivity index (χ2v) is 8.41. The Morgan fingerprint density at radius 3 is 2.39 bits per heavy atom. The molecule has 2 aromatic carbocycles. The van der Waals surface area contributed by atoms with Crippen molar-refractivity contribution in [2.75, 3.05) is 5.32 Å². The third-order valence-electron chi connectivity index (χ3n) is 5.04. The van der Waals surface area contributed by atoms with Gasteiger partial charge < -0.3 is 15.2 Å². The summed E-state index contributed by atoms with van der Waals surface area (Å²) < 4.78 is 8.03. The highest BCUT2D eigenvalue weighted by Crippen LogP contribution is 2.23. The maximum Gasteiger partial charge on any atom is 0.356 e. The maximum atomic E-state index is 13.2. The number of carboxylic acids is 1. The van der Waals surface area contributed by atoms with Crippen molar-refractivity contribution in [3.63, 3.8) is 0 Å². The van der Waals surface area contributed by atoms with Crippen LogP contribution < -0.4 is 21.4 Å². The molecule has 12 heteroatoms. The van der Waals surface area contributed by atoms with Crippen molar-refractivity contribution in [3.05, 3.63) is 98.2 Å². The molecular weight excluding hydrogens is 488 g/mol. The second-order valence-electron chi connectivity index (χ2n) is 7.98. The Bertz CT molecular complexity index is 1510. The van der Waals surface area contributed by atoms with Crippen LogP contribution in [0.3, 0.4) is 0 Å². The highest BCUT2D eigenvalue weighted by molar-refractivity contribution is 6.30. The highest BCUT2D eigenvalue weighted by Gasteiger charge is 2.16. The summed E-state index contributed by atoms with van der Waals surface area (Å²) >= 11 is 5.98. The maximum absolute atomic E-state index is 13.2. The number of hydrogen-bond acceptors (Lipinski definition) is 8. The first kappa shape index (κ1) is 24.6. The van der Waals surface area contributed by atoms with Gasteiger partial charge in [0, 0.05) is 16.8 Å². The standard InChI is InChI=1S/C24H21ClN6O5/c1-14(2)31-23(34)29-22(30(24(31)35)13-15-3-5-16(25)6-4-15)27-17-7-9-18(10-8-17)36-20-12-26-11-19(28-20)21(32)33/h3-12,14H,13H2,1-2H3,(H,32,33)(H,27,29,34). The van der Waals surface area contributed by atoms with Crippen molar-refractivity contribution in [2.24, 2.45) is 0 Å². The summed E-state index contributed by atoms with van der Waals surface area (Å²) in [6.45, 7) is 3.64. The van der Waals surface area contributed by atoms with Gasteiger partial charge in [0.05, 0.1) is 18.9 Å². The van der Waals surface area contributed by atoms with Crippen LogP contribution >= 0.6 is 11.6 Å². The fraction of sp³-hybridized carbons (Fsp3) is 0.167. The predicted molar refractivity (Wildman–Crippen MR) is 132 cm³/mol. The van der Waals surface area contributed by atoms with Gasteiger partial charge in [-0.05, 0) is 55.8 Å². The first-order valence-electron chi connectivity index (χ1n) is 10.8. The zero-order valence-corrected chi connectivity index (χ0v) is 20.0. The smallest absolute Gasteiger partial charge is 0.356 e. The topological polar surface area (TPSA) is 141 Å². The lowest BCUT2D eigenvalue weighted by molar-refractivity contribution is 0.0689. The average molecular weight is 509 g/mol. The molecule has 0 saturated heterocycles. The Balaban J connectivity index is 1.62. The van der Waals surface area contributed by atoms with E-state index in [0.29, 0.717) is 16.5 Å². The van der Waals surface area contributed by atoms with Gasteiger partial charge in [-0.2, -0.15) is 4.98 Å². The lowest BCUT2D eigenvalue weighted by Crippen LogP contribution is -2.43. The van der Waals surface area contributed by atoms with Crippen molar-refractivity contribution < 1.29 is 14.6 Å². The third kappa shape index (κ3) is 5.58. The Labute approximate surface area is 209 Å². The van der Waals surface area contributed by atoms with Crippen molar-refractivity contribution in [2.45, 2.75) is 26.4 Å². The first-order chi connectivity index (χ1) is 17.2. The van der Waals surface area contributed by atoms with Crippen LogP contribution in [0.1, 0.15) is 35.9 Å². The van der Waals surface area contributed by atoms with Gasteiger partial charge >= 0.3 is 17.3 Å². The molecule has 4 aromatic rings. The van der Waals surface area contributed by atoms with E-state index in [9.17, 15) is 14.4 Å². The fourth-order valence-corrected chi connectivity index (χ4v) is 3.44. The Morgan fingerprint density at radius 1 is 1.06 bits per heavy atom. The average Bonchev–Trinajstić information content (AvgIpc) is 2.84. The molecule has 11 nitrogen and oxygen atoms in total. The number of carbonyl (C=O) groups is 1. The Kier molecular flexibility index (Phi) is 7.11. The molecule has 0 unspecified atom stereocenters.